The first-order chi connectivity index (χ1) is 13.9. The third kappa shape index (κ3) is 6.44. The van der Waals surface area contributed by atoms with Crippen molar-refractivity contribution < 1.29 is 39.6 Å². The van der Waals surface area contributed by atoms with Crippen LogP contribution in [0.3, 0.4) is 0 Å². The fourth-order valence-corrected chi connectivity index (χ4v) is 5.10. The van der Waals surface area contributed by atoms with Crippen molar-refractivity contribution in [3.63, 3.8) is 0 Å². The largest absolute Gasteiger partial charge is 0.481 e. The molecule has 4 N–H and O–H groups in total. The van der Waals surface area contributed by atoms with Crippen LogP contribution in [-0.4, -0.2) is 44.3 Å². The van der Waals surface area contributed by atoms with E-state index in [2.05, 4.69) is 0 Å². The van der Waals surface area contributed by atoms with Crippen LogP contribution in [0, 0.1) is 47.3 Å². The first kappa shape index (κ1) is 25.9. The molecule has 30 heavy (non-hydrogen) atoms. The molecule has 1 fully saturated rings. The van der Waals surface area contributed by atoms with Crippen molar-refractivity contribution in [1.82, 2.24) is 0 Å². The summed E-state index contributed by atoms with van der Waals surface area (Å²) in [5.41, 5.74) is 0. The Kier molecular flexibility index (Phi) is 9.78. The summed E-state index contributed by atoms with van der Waals surface area (Å²) in [7, 11) is 0. The summed E-state index contributed by atoms with van der Waals surface area (Å²) in [6.45, 7) is 7.92. The molecule has 172 valence electrons. The van der Waals surface area contributed by atoms with Gasteiger partial charge in [-0.1, -0.05) is 53.4 Å². The van der Waals surface area contributed by atoms with Gasteiger partial charge in [0.05, 0.1) is 23.7 Å². The Hall–Kier alpha value is -2.12. The lowest BCUT2D eigenvalue weighted by Crippen LogP contribution is -2.56. The molecule has 1 rings (SSSR count). The van der Waals surface area contributed by atoms with Crippen molar-refractivity contribution in [2.75, 3.05) is 0 Å². The Balaban J connectivity index is 3.44. The molecule has 1 aliphatic carbocycles. The topological polar surface area (TPSA) is 149 Å². The van der Waals surface area contributed by atoms with E-state index < -0.39 is 59.4 Å². The molecular weight excluding hydrogens is 392 g/mol. The number of carboxylic acid groups (broad SMARTS) is 4. The molecule has 0 aromatic carbocycles. The summed E-state index contributed by atoms with van der Waals surface area (Å²) in [4.78, 5) is 48.6. The summed E-state index contributed by atoms with van der Waals surface area (Å²) >= 11 is 0. The number of carbonyl (C=O) groups is 4. The number of carboxylic acids is 4. The maximum atomic E-state index is 12.1. The second-order valence-electron chi connectivity index (χ2n) is 9.43. The van der Waals surface area contributed by atoms with Gasteiger partial charge in [0.15, 0.2) is 0 Å². The van der Waals surface area contributed by atoms with E-state index in [1.807, 2.05) is 27.7 Å². The predicted molar refractivity (Wildman–Crippen MR) is 109 cm³/mol. The van der Waals surface area contributed by atoms with Gasteiger partial charge in [-0.15, -0.1) is 0 Å². The Morgan fingerprint density at radius 3 is 0.967 bits per heavy atom. The number of rotatable bonds is 12. The van der Waals surface area contributed by atoms with E-state index in [-0.39, 0.29) is 12.8 Å². The Labute approximate surface area is 177 Å². The first-order valence-electron chi connectivity index (χ1n) is 10.8. The molecule has 4 unspecified atom stereocenters. The van der Waals surface area contributed by atoms with Crippen LogP contribution in [0.4, 0.5) is 0 Å². The molecule has 8 heteroatoms. The maximum absolute atomic E-state index is 12.1. The zero-order chi connectivity index (χ0) is 23.2. The standard InChI is InChI=1S/C22H36O8/c1-11(2)7-5-9-13-15(19(23)24)17(21(27)28)14(10-6-8-12(3)4)18(22(29)30)16(13)20(25)26/h11-18H,5-10H2,1-4H3,(H,23,24)(H,25,26)(H,27,28)(H,29,30). The summed E-state index contributed by atoms with van der Waals surface area (Å²) < 4.78 is 0. The van der Waals surface area contributed by atoms with E-state index in [0.29, 0.717) is 24.7 Å². The van der Waals surface area contributed by atoms with E-state index in [0.717, 1.165) is 12.8 Å². The highest BCUT2D eigenvalue weighted by molar-refractivity contribution is 5.86. The van der Waals surface area contributed by atoms with E-state index in [1.165, 1.54) is 0 Å². The van der Waals surface area contributed by atoms with Gasteiger partial charge in [-0.25, -0.2) is 0 Å². The molecule has 0 spiro atoms. The summed E-state index contributed by atoms with van der Waals surface area (Å²) in [5, 5.41) is 39.6. The minimum absolute atomic E-state index is 0.179. The van der Waals surface area contributed by atoms with Crippen LogP contribution in [0.1, 0.15) is 66.2 Å². The zero-order valence-electron chi connectivity index (χ0n) is 18.3. The molecule has 0 heterocycles. The first-order valence-corrected chi connectivity index (χ1v) is 10.8. The molecule has 8 nitrogen and oxygen atoms in total. The van der Waals surface area contributed by atoms with Crippen LogP contribution in [0.25, 0.3) is 0 Å². The molecule has 0 radical (unpaired) electrons. The third-order valence-corrected chi connectivity index (χ3v) is 6.40. The lowest BCUT2D eigenvalue weighted by atomic mass is 9.54. The van der Waals surface area contributed by atoms with Crippen molar-refractivity contribution in [3.8, 4) is 0 Å². The van der Waals surface area contributed by atoms with Gasteiger partial charge in [-0.05, 0) is 36.5 Å². The van der Waals surface area contributed by atoms with Crippen molar-refractivity contribution in [2.45, 2.75) is 66.2 Å². The van der Waals surface area contributed by atoms with Crippen molar-refractivity contribution in [3.05, 3.63) is 0 Å². The normalized spacial score (nSPS) is 29.1. The molecular formula is C22H36O8. The average molecular weight is 429 g/mol. The zero-order valence-corrected chi connectivity index (χ0v) is 18.3. The van der Waals surface area contributed by atoms with Crippen LogP contribution in [0.15, 0.2) is 0 Å². The minimum Gasteiger partial charge on any atom is -0.481 e. The predicted octanol–water partition coefficient (Wildman–Crippen LogP) is 3.69. The van der Waals surface area contributed by atoms with Gasteiger partial charge in [0.25, 0.3) is 0 Å². The molecule has 0 amide bonds. The lowest BCUT2D eigenvalue weighted by molar-refractivity contribution is -0.182. The molecule has 0 aromatic rings. The second kappa shape index (κ2) is 11.3. The molecule has 0 bridgehead atoms. The van der Waals surface area contributed by atoms with Gasteiger partial charge in [0.2, 0.25) is 0 Å². The van der Waals surface area contributed by atoms with Crippen LogP contribution in [-0.2, 0) is 19.2 Å². The second-order valence-corrected chi connectivity index (χ2v) is 9.43. The van der Waals surface area contributed by atoms with Gasteiger partial charge >= 0.3 is 23.9 Å². The number of hydrogen-bond donors (Lipinski definition) is 4. The van der Waals surface area contributed by atoms with Crippen molar-refractivity contribution in [2.24, 2.45) is 47.3 Å². The third-order valence-electron chi connectivity index (χ3n) is 6.40. The summed E-state index contributed by atoms with van der Waals surface area (Å²) in [6.07, 6.45) is 2.85. The van der Waals surface area contributed by atoms with Gasteiger partial charge in [-0.3, -0.25) is 19.2 Å². The monoisotopic (exact) mass is 428 g/mol. The SMILES string of the molecule is CC(C)CCCC1C(C(=O)O)C(C(=O)O)C(CCCC(C)C)C(C(=O)O)C1C(=O)O. The Bertz CT molecular complexity index is 533. The highest BCUT2D eigenvalue weighted by atomic mass is 16.4. The quantitative estimate of drug-likeness (QED) is 0.368. The van der Waals surface area contributed by atoms with Gasteiger partial charge < -0.3 is 20.4 Å². The Morgan fingerprint density at radius 2 is 0.800 bits per heavy atom. The smallest absolute Gasteiger partial charge is 0.307 e. The van der Waals surface area contributed by atoms with E-state index in [4.69, 9.17) is 0 Å². The lowest BCUT2D eigenvalue weighted by Gasteiger charge is -2.46. The van der Waals surface area contributed by atoms with Crippen LogP contribution >= 0.6 is 0 Å². The van der Waals surface area contributed by atoms with Crippen LogP contribution in [0.2, 0.25) is 0 Å². The van der Waals surface area contributed by atoms with Crippen molar-refractivity contribution >= 4 is 23.9 Å². The van der Waals surface area contributed by atoms with Gasteiger partial charge in [-0.2, -0.15) is 0 Å². The molecule has 0 saturated heterocycles. The highest BCUT2D eigenvalue weighted by Crippen LogP contribution is 2.50. The van der Waals surface area contributed by atoms with E-state index >= 15 is 0 Å². The molecule has 4 atom stereocenters. The average Bonchev–Trinajstić information content (AvgIpc) is 2.59. The van der Waals surface area contributed by atoms with Crippen LogP contribution < -0.4 is 0 Å². The maximum Gasteiger partial charge on any atom is 0.307 e. The number of hydrogen-bond acceptors (Lipinski definition) is 4. The molecule has 1 aliphatic rings. The van der Waals surface area contributed by atoms with Crippen LogP contribution in [0.5, 0.6) is 0 Å². The number of aliphatic carboxylic acids is 4. The molecule has 0 aromatic heterocycles. The van der Waals surface area contributed by atoms with Gasteiger partial charge in [0, 0.05) is 0 Å². The molecule has 0 aliphatic heterocycles. The summed E-state index contributed by atoms with van der Waals surface area (Å²) in [6, 6.07) is 0. The summed E-state index contributed by atoms with van der Waals surface area (Å²) in [5.74, 6) is -12.6. The van der Waals surface area contributed by atoms with E-state index in [9.17, 15) is 39.6 Å². The fourth-order valence-electron chi connectivity index (χ4n) is 5.10. The van der Waals surface area contributed by atoms with Crippen molar-refractivity contribution in [1.29, 1.82) is 0 Å². The van der Waals surface area contributed by atoms with E-state index in [1.54, 1.807) is 0 Å². The minimum atomic E-state index is -1.42. The fraction of sp³-hybridized carbons (Fsp3) is 0.818. The highest BCUT2D eigenvalue weighted by Gasteiger charge is 2.59. The Morgan fingerprint density at radius 1 is 0.567 bits per heavy atom. The van der Waals surface area contributed by atoms with Gasteiger partial charge in [0.1, 0.15) is 0 Å². The molecule has 1 saturated carbocycles.